The van der Waals surface area contributed by atoms with Crippen LogP contribution in [0.3, 0.4) is 0 Å². The Bertz CT molecular complexity index is 13.5. The van der Waals surface area contributed by atoms with Gasteiger partial charge in [0.25, 0.3) is 0 Å². The predicted octanol–water partition coefficient (Wildman–Crippen LogP) is 1.52. The van der Waals surface area contributed by atoms with Crippen LogP contribution in [0.5, 0.6) is 0 Å². The first-order chi connectivity index (χ1) is 1.41. The Labute approximate surface area is 75.3 Å². The molecule has 0 aromatic heterocycles. The molecule has 0 bridgehead atoms. The van der Waals surface area contributed by atoms with Crippen LogP contribution in [0.4, 0.5) is 0 Å². The zero-order valence-electron chi connectivity index (χ0n) is 2.04. The molecule has 0 amide bonds. The van der Waals surface area contributed by atoms with Gasteiger partial charge in [0.1, 0.15) is 0 Å². The van der Waals surface area contributed by atoms with Crippen molar-refractivity contribution in [1.29, 1.82) is 0 Å². The van der Waals surface area contributed by atoms with Crippen molar-refractivity contribution in [3.05, 3.63) is 11.6 Å². The van der Waals surface area contributed by atoms with Crippen LogP contribution in [0.1, 0.15) is 0 Å². The quantitative estimate of drug-likeness (QED) is 0.618. The van der Waals surface area contributed by atoms with Crippen LogP contribution in [0.15, 0.2) is 11.6 Å². The molecule has 4 heavy (non-hydrogen) atoms. The summed E-state index contributed by atoms with van der Waals surface area (Å²) in [6.45, 7) is 3.28. The van der Waals surface area contributed by atoms with E-state index in [-0.39, 0.29) is 49.4 Å². The van der Waals surface area contributed by atoms with Crippen LogP contribution in [0.2, 0.25) is 0 Å². The maximum atomic E-state index is 3.28. The summed E-state index contributed by atoms with van der Waals surface area (Å²) in [5, 5.41) is 0. The van der Waals surface area contributed by atoms with Crippen molar-refractivity contribution >= 4 is 15.9 Å². The Hall–Kier alpha value is 1.80. The molecule has 0 nitrogen and oxygen atoms in total. The van der Waals surface area contributed by atoms with E-state index in [1.54, 1.807) is 4.99 Å². The van der Waals surface area contributed by atoms with Crippen LogP contribution in [0, 0.1) is 49.4 Å². The predicted molar refractivity (Wildman–Crippen MR) is 19.1 cm³/mol. The van der Waals surface area contributed by atoms with Crippen molar-refractivity contribution in [3.63, 3.8) is 0 Å². The third-order valence-corrected chi connectivity index (χ3v) is 0. The molecule has 0 aromatic carbocycles. The van der Waals surface area contributed by atoms with Gasteiger partial charge in [-0.25, -0.2) is 0 Å². The first-order valence-electron chi connectivity index (χ1n) is 0.626. The van der Waals surface area contributed by atoms with Gasteiger partial charge >= 0.3 is 0 Å². The van der Waals surface area contributed by atoms with Crippen molar-refractivity contribution < 1.29 is 49.4 Å². The van der Waals surface area contributed by atoms with Gasteiger partial charge in [0.2, 0.25) is 0 Å². The Morgan fingerprint density at radius 3 is 1.75 bits per heavy atom. The van der Waals surface area contributed by atoms with Crippen molar-refractivity contribution in [2.75, 3.05) is 0 Å². The fourth-order valence-electron chi connectivity index (χ4n) is 0. The van der Waals surface area contributed by atoms with Crippen LogP contribution in [-0.2, 0) is 0 Å². The fourth-order valence-corrected chi connectivity index (χ4v) is 0. The summed E-state index contributed by atoms with van der Waals surface area (Å²) >= 11 is 2.91. The Kier molecular flexibility index (Phi) is 20.5. The molecule has 0 rings (SSSR count). The Morgan fingerprint density at radius 1 is 1.75 bits per heavy atom. The molecular weight excluding hydrogens is 256 g/mol. The molecule has 0 heterocycles. The third kappa shape index (κ3) is 9.19. The van der Waals surface area contributed by atoms with Crippen molar-refractivity contribution in [2.24, 2.45) is 0 Å². The molecule has 25 valence electrons. The monoisotopic (exact) mass is 259 g/mol. The summed E-state index contributed by atoms with van der Waals surface area (Å²) in [7, 11) is 0. The average molecular weight is 259 g/mol. The smallest absolute Gasteiger partial charge is 0 e. The molecular formula is C2H3BrEu. The molecule has 0 aliphatic heterocycles. The van der Waals surface area contributed by atoms with Gasteiger partial charge in [-0.15, -0.1) is 0 Å². The van der Waals surface area contributed by atoms with E-state index in [1.165, 1.54) is 0 Å². The van der Waals surface area contributed by atoms with Crippen molar-refractivity contribution in [2.45, 2.75) is 0 Å². The second kappa shape index (κ2) is 8.84. The molecule has 0 N–H and O–H groups in total. The van der Waals surface area contributed by atoms with E-state index in [1.807, 2.05) is 0 Å². The maximum Gasteiger partial charge on any atom is 0 e. The van der Waals surface area contributed by atoms with E-state index in [9.17, 15) is 0 Å². The van der Waals surface area contributed by atoms with Crippen molar-refractivity contribution in [3.8, 4) is 0 Å². The first-order valence-corrected chi connectivity index (χ1v) is 1.54. The van der Waals surface area contributed by atoms with Crippen molar-refractivity contribution in [1.82, 2.24) is 0 Å². The number of halogens is 1. The van der Waals surface area contributed by atoms with Gasteiger partial charge in [-0.1, -0.05) is 22.5 Å². The minimum Gasteiger partial charge on any atom is -0.0921 e. The molecule has 0 aromatic rings. The van der Waals surface area contributed by atoms with Gasteiger partial charge in [0.05, 0.1) is 0 Å². The van der Waals surface area contributed by atoms with Gasteiger partial charge in [-0.2, -0.15) is 0 Å². The average Bonchev–Trinajstić information content (AvgIpc) is 0.918. The molecule has 0 spiro atoms. The van der Waals surface area contributed by atoms with E-state index in [4.69, 9.17) is 0 Å². The second-order valence-electron chi connectivity index (χ2n) is 0.154. The molecule has 0 saturated heterocycles. The third-order valence-electron chi connectivity index (χ3n) is 0. The molecule has 0 aliphatic carbocycles. The van der Waals surface area contributed by atoms with Gasteiger partial charge in [0, 0.05) is 49.4 Å². The summed E-state index contributed by atoms with van der Waals surface area (Å²) in [6, 6.07) is 0. The second-order valence-corrected chi connectivity index (χ2v) is 0.802. The zero-order valence-corrected chi connectivity index (χ0v) is 6.05. The summed E-state index contributed by atoms with van der Waals surface area (Å²) in [4.78, 5) is 1.56. The van der Waals surface area contributed by atoms with E-state index in [0.29, 0.717) is 0 Å². The minimum absolute atomic E-state index is 0. The molecule has 0 aliphatic rings. The van der Waals surface area contributed by atoms with Gasteiger partial charge < -0.3 is 0 Å². The summed E-state index contributed by atoms with van der Waals surface area (Å²) < 4.78 is 0. The summed E-state index contributed by atoms with van der Waals surface area (Å²) in [5.41, 5.74) is 0. The van der Waals surface area contributed by atoms with E-state index >= 15 is 0 Å². The Balaban J connectivity index is 0. The number of hydrogen-bond donors (Lipinski definition) is 0. The standard InChI is InChI=1S/C2H3Br.Eu/c1-2-3;/h2H,1H2;. The van der Waals surface area contributed by atoms with Crippen LogP contribution >= 0.6 is 15.9 Å². The largest absolute Gasteiger partial charge is 0.0921 e. The minimum atomic E-state index is 0. The van der Waals surface area contributed by atoms with E-state index in [2.05, 4.69) is 22.5 Å². The zero-order chi connectivity index (χ0) is 2.71. The topological polar surface area (TPSA) is 0 Å². The Morgan fingerprint density at radius 2 is 1.75 bits per heavy atom. The van der Waals surface area contributed by atoms with E-state index in [0.717, 1.165) is 0 Å². The number of hydrogen-bond acceptors (Lipinski definition) is 0. The van der Waals surface area contributed by atoms with E-state index < -0.39 is 0 Å². The summed E-state index contributed by atoms with van der Waals surface area (Å²) in [5.74, 6) is 0. The van der Waals surface area contributed by atoms with Gasteiger partial charge in [-0.3, -0.25) is 0 Å². The van der Waals surface area contributed by atoms with Gasteiger partial charge in [-0.05, 0) is 4.99 Å². The molecule has 0 unspecified atom stereocenters. The van der Waals surface area contributed by atoms with Crippen LogP contribution in [-0.4, -0.2) is 0 Å². The maximum absolute atomic E-state index is 3.28. The molecule has 0 saturated carbocycles. The number of rotatable bonds is 0. The summed E-state index contributed by atoms with van der Waals surface area (Å²) in [6.07, 6.45) is 0. The van der Waals surface area contributed by atoms with Crippen LogP contribution < -0.4 is 0 Å². The fraction of sp³-hybridized carbons (Fsp3) is 0. The SMILES string of the molecule is C=CBr.[Eu]. The van der Waals surface area contributed by atoms with Crippen LogP contribution in [0.25, 0.3) is 0 Å². The van der Waals surface area contributed by atoms with Gasteiger partial charge in [0.15, 0.2) is 0 Å². The first kappa shape index (κ1) is 9.26. The molecule has 1 radical (unpaired) electrons. The molecule has 0 atom stereocenters. The molecule has 0 fully saturated rings. The normalized spacial score (nSPS) is 3.25. The molecule has 2 heteroatoms.